The summed E-state index contributed by atoms with van der Waals surface area (Å²) in [6.07, 6.45) is 3.72. The molecule has 0 bridgehead atoms. The van der Waals surface area contributed by atoms with Crippen LogP contribution < -0.4 is 5.32 Å². The molecule has 2 rings (SSSR count). The van der Waals surface area contributed by atoms with Crippen LogP contribution in [0, 0.1) is 13.8 Å². The van der Waals surface area contributed by atoms with Crippen LogP contribution in [0.4, 0.5) is 0 Å². The Morgan fingerprint density at radius 1 is 1.26 bits per heavy atom. The Kier molecular flexibility index (Phi) is 5.08. The van der Waals surface area contributed by atoms with Crippen LogP contribution in [0.2, 0.25) is 0 Å². The number of hydrogen-bond acceptors (Lipinski definition) is 3. The molecule has 0 saturated carbocycles. The van der Waals surface area contributed by atoms with E-state index in [1.165, 1.54) is 7.11 Å². The monoisotopic (exact) mass is 316 g/mol. The van der Waals surface area contributed by atoms with Gasteiger partial charge in [0.15, 0.2) is 0 Å². The molecule has 0 spiro atoms. The molecule has 0 aliphatic carbocycles. The highest BCUT2D eigenvalue weighted by atomic mass is 16.5. The molecule has 1 aromatic heterocycles. The van der Waals surface area contributed by atoms with Gasteiger partial charge >= 0.3 is 5.97 Å². The zero-order valence-electron chi connectivity index (χ0n) is 14.4. The number of H-pyrrole nitrogens is 1. The van der Waals surface area contributed by atoms with E-state index in [1.54, 1.807) is 0 Å². The van der Waals surface area contributed by atoms with Crippen molar-refractivity contribution in [1.82, 2.24) is 10.3 Å². The van der Waals surface area contributed by atoms with E-state index >= 15 is 0 Å². The fourth-order valence-corrected chi connectivity index (χ4v) is 2.93. The summed E-state index contributed by atoms with van der Waals surface area (Å²) in [5, 5.41) is 2.92. The summed E-state index contributed by atoms with van der Waals surface area (Å²) in [5.74, 6) is -0.259. The lowest BCUT2D eigenvalue weighted by Gasteiger charge is -2.06. The number of esters is 1. The van der Waals surface area contributed by atoms with E-state index in [4.69, 9.17) is 4.74 Å². The summed E-state index contributed by atoms with van der Waals surface area (Å²) in [4.78, 5) is 26.7. The second-order valence-corrected chi connectivity index (χ2v) is 5.81. The first-order chi connectivity index (χ1) is 10.9. The minimum absolute atomic E-state index is 0.0378. The lowest BCUT2D eigenvalue weighted by atomic mass is 10.0. The molecule has 0 saturated heterocycles. The van der Waals surface area contributed by atoms with Gasteiger partial charge in [0.05, 0.1) is 7.11 Å². The lowest BCUT2D eigenvalue weighted by Crippen LogP contribution is -2.15. The average molecular weight is 316 g/mol. The first-order valence-electron chi connectivity index (χ1n) is 7.87. The molecule has 1 aromatic rings. The molecule has 2 N–H and O–H groups in total. The van der Waals surface area contributed by atoms with Crippen LogP contribution in [0.1, 0.15) is 49.2 Å². The van der Waals surface area contributed by atoms with Crippen LogP contribution in [0.15, 0.2) is 16.8 Å². The van der Waals surface area contributed by atoms with Gasteiger partial charge in [0.1, 0.15) is 0 Å². The highest BCUT2D eigenvalue weighted by Gasteiger charge is 2.23. The zero-order chi connectivity index (χ0) is 17.1. The Bertz CT molecular complexity index is 708. The third-order valence-corrected chi connectivity index (χ3v) is 4.48. The zero-order valence-corrected chi connectivity index (χ0v) is 14.4. The summed E-state index contributed by atoms with van der Waals surface area (Å²) in [7, 11) is 1.40. The predicted molar refractivity (Wildman–Crippen MR) is 89.7 cm³/mol. The number of nitrogens with one attached hydrogen (secondary N) is 2. The minimum Gasteiger partial charge on any atom is -0.469 e. The largest absolute Gasteiger partial charge is 0.469 e. The summed E-state index contributed by atoms with van der Waals surface area (Å²) >= 11 is 0. The number of carbonyl (C=O) groups is 2. The third kappa shape index (κ3) is 3.38. The minimum atomic E-state index is -0.221. The van der Waals surface area contributed by atoms with Crippen molar-refractivity contribution in [1.29, 1.82) is 0 Å². The first-order valence-corrected chi connectivity index (χ1v) is 7.87. The third-order valence-electron chi connectivity index (χ3n) is 4.48. The first kappa shape index (κ1) is 17.1. The summed E-state index contributed by atoms with van der Waals surface area (Å²) in [5.41, 5.74) is 6.90. The van der Waals surface area contributed by atoms with E-state index in [0.29, 0.717) is 12.8 Å². The van der Waals surface area contributed by atoms with Gasteiger partial charge in [-0.2, -0.15) is 0 Å². The maximum absolute atomic E-state index is 11.9. The molecule has 1 amide bonds. The van der Waals surface area contributed by atoms with Crippen LogP contribution in [0.3, 0.4) is 0 Å². The smallest absolute Gasteiger partial charge is 0.305 e. The number of hydrogen-bond donors (Lipinski definition) is 2. The van der Waals surface area contributed by atoms with Crippen molar-refractivity contribution in [3.05, 3.63) is 39.4 Å². The Hall–Kier alpha value is -2.30. The molecule has 23 heavy (non-hydrogen) atoms. The Morgan fingerprint density at radius 2 is 1.96 bits per heavy atom. The number of aryl methyl sites for hydroxylation is 1. The van der Waals surface area contributed by atoms with Crippen molar-refractivity contribution in [3.8, 4) is 0 Å². The van der Waals surface area contributed by atoms with Crippen molar-refractivity contribution in [2.24, 2.45) is 0 Å². The summed E-state index contributed by atoms with van der Waals surface area (Å²) in [6, 6.07) is 0. The lowest BCUT2D eigenvalue weighted by molar-refractivity contribution is -0.140. The molecule has 0 atom stereocenters. The molecular weight excluding hydrogens is 292 g/mol. The van der Waals surface area contributed by atoms with Gasteiger partial charge in [0.25, 0.3) is 5.91 Å². The van der Waals surface area contributed by atoms with Gasteiger partial charge in [-0.15, -0.1) is 0 Å². The molecule has 0 aromatic carbocycles. The molecule has 1 aliphatic heterocycles. The van der Waals surface area contributed by atoms with Crippen molar-refractivity contribution < 1.29 is 14.3 Å². The number of aromatic nitrogens is 1. The number of aromatic amines is 1. The summed E-state index contributed by atoms with van der Waals surface area (Å²) in [6.45, 7) is 7.93. The van der Waals surface area contributed by atoms with Crippen molar-refractivity contribution >= 4 is 18.0 Å². The van der Waals surface area contributed by atoms with Crippen LogP contribution in [0.5, 0.6) is 0 Å². The molecule has 0 radical (unpaired) electrons. The molecule has 5 heteroatoms. The average Bonchev–Trinajstić information content (AvgIpc) is 2.94. The van der Waals surface area contributed by atoms with Crippen LogP contribution in [-0.2, 0) is 20.7 Å². The normalized spacial score (nSPS) is 16.2. The molecular formula is C18H24N2O3. The van der Waals surface area contributed by atoms with Crippen molar-refractivity contribution in [2.45, 2.75) is 47.0 Å². The number of rotatable bonds is 5. The molecule has 124 valence electrons. The van der Waals surface area contributed by atoms with Gasteiger partial charge in [-0.25, -0.2) is 0 Å². The Balaban J connectivity index is 2.37. The topological polar surface area (TPSA) is 71.2 Å². The predicted octanol–water partition coefficient (Wildman–Crippen LogP) is 2.93. The number of ether oxygens (including phenoxy) is 1. The fourth-order valence-electron chi connectivity index (χ4n) is 2.93. The second kappa shape index (κ2) is 6.86. The fraction of sp³-hybridized carbons (Fsp3) is 0.444. The van der Waals surface area contributed by atoms with E-state index in [0.717, 1.165) is 45.8 Å². The maximum Gasteiger partial charge on any atom is 0.305 e. The van der Waals surface area contributed by atoms with Crippen molar-refractivity contribution in [3.63, 3.8) is 0 Å². The van der Waals surface area contributed by atoms with Crippen LogP contribution in [0.25, 0.3) is 6.08 Å². The summed E-state index contributed by atoms with van der Waals surface area (Å²) < 4.78 is 4.73. The Labute approximate surface area is 136 Å². The SMILES string of the molecule is CCC1=C(C)C(=O)N/C1=C\c1[nH]c(C)c(C)c1CCC(=O)OC. The maximum atomic E-state index is 11.9. The van der Waals surface area contributed by atoms with Gasteiger partial charge in [-0.05, 0) is 56.4 Å². The van der Waals surface area contributed by atoms with Crippen molar-refractivity contribution in [2.75, 3.05) is 7.11 Å². The highest BCUT2D eigenvalue weighted by molar-refractivity contribution is 6.00. The number of allylic oxidation sites excluding steroid dienone is 1. The molecule has 5 nitrogen and oxygen atoms in total. The van der Waals surface area contributed by atoms with Gasteiger partial charge in [0.2, 0.25) is 0 Å². The van der Waals surface area contributed by atoms with Gasteiger partial charge in [0, 0.05) is 29.1 Å². The van der Waals surface area contributed by atoms with E-state index in [9.17, 15) is 9.59 Å². The molecule has 2 heterocycles. The standard InChI is InChI=1S/C18H24N2O3/c1-6-13-11(3)18(22)20-15(13)9-16-14(7-8-17(21)23-5)10(2)12(4)19-16/h9,19H,6-8H2,1-5H3,(H,20,22)/b15-9-. The van der Waals surface area contributed by atoms with Gasteiger partial charge < -0.3 is 15.0 Å². The molecule has 1 aliphatic rings. The highest BCUT2D eigenvalue weighted by Crippen LogP contribution is 2.28. The van der Waals surface area contributed by atoms with Crippen LogP contribution in [-0.4, -0.2) is 24.0 Å². The number of carbonyl (C=O) groups excluding carboxylic acids is 2. The number of methoxy groups -OCH3 is 1. The van der Waals surface area contributed by atoms with Gasteiger partial charge in [-0.3, -0.25) is 9.59 Å². The second-order valence-electron chi connectivity index (χ2n) is 5.81. The number of amides is 1. The van der Waals surface area contributed by atoms with E-state index < -0.39 is 0 Å². The Morgan fingerprint density at radius 3 is 2.57 bits per heavy atom. The van der Waals surface area contributed by atoms with E-state index in [2.05, 4.69) is 10.3 Å². The van der Waals surface area contributed by atoms with Crippen LogP contribution >= 0.6 is 0 Å². The quantitative estimate of drug-likeness (QED) is 0.821. The molecule has 0 unspecified atom stereocenters. The van der Waals surface area contributed by atoms with E-state index in [1.807, 2.05) is 33.8 Å². The van der Waals surface area contributed by atoms with Gasteiger partial charge in [-0.1, -0.05) is 6.92 Å². The van der Waals surface area contributed by atoms with E-state index in [-0.39, 0.29) is 11.9 Å². The molecule has 0 fully saturated rings.